The van der Waals surface area contributed by atoms with Crippen LogP contribution in [-0.2, 0) is 0 Å². The Hall–Kier alpha value is 0.720. The summed E-state index contributed by atoms with van der Waals surface area (Å²) >= 11 is 0. The van der Waals surface area contributed by atoms with Crippen LogP contribution in [0.15, 0.2) is 0 Å². The second-order valence-corrected chi connectivity index (χ2v) is 9.22. The Labute approximate surface area is 91.6 Å². The Balaban J connectivity index is 0. The van der Waals surface area contributed by atoms with E-state index in [2.05, 4.69) is 34.6 Å². The molecule has 0 aliphatic heterocycles. The summed E-state index contributed by atoms with van der Waals surface area (Å²) < 4.78 is 0. The lowest BCUT2D eigenvalue weighted by Crippen LogP contribution is -3.00. The van der Waals surface area contributed by atoms with E-state index in [4.69, 9.17) is 0 Å². The molecule has 0 aromatic rings. The van der Waals surface area contributed by atoms with Gasteiger partial charge >= 0.3 is 0 Å². The van der Waals surface area contributed by atoms with E-state index in [-0.39, 0.29) is 12.4 Å². The first-order valence-corrected chi connectivity index (χ1v) is 7.98. The summed E-state index contributed by atoms with van der Waals surface area (Å²) in [5.74, 6) is 0.897. The Morgan fingerprint density at radius 1 is 0.923 bits per heavy atom. The van der Waals surface area contributed by atoms with Crippen LogP contribution in [0.4, 0.5) is 0 Å². The molecule has 0 aliphatic rings. The third-order valence-corrected chi connectivity index (χ3v) is 8.43. The maximum atomic E-state index is 2.39. The van der Waals surface area contributed by atoms with Crippen molar-refractivity contribution in [3.8, 4) is 0 Å². The highest BCUT2D eigenvalue weighted by Gasteiger charge is 2.30. The van der Waals surface area contributed by atoms with Gasteiger partial charge in [0.25, 0.3) is 0 Å². The number of halogens is 1. The van der Waals surface area contributed by atoms with E-state index in [1.54, 1.807) is 0 Å². The second kappa shape index (κ2) is 8.06. The van der Waals surface area contributed by atoms with E-state index in [1.807, 2.05) is 0 Å². The smallest absolute Gasteiger partial charge is 0.0596 e. The molecular weight excluding hydrogens is 199 g/mol. The lowest BCUT2D eigenvalue weighted by Gasteiger charge is -2.24. The molecule has 82 valence electrons. The first-order valence-electron chi connectivity index (χ1n) is 5.45. The fourth-order valence-corrected chi connectivity index (χ4v) is 5.03. The van der Waals surface area contributed by atoms with Crippen LogP contribution in [0.2, 0.25) is 0 Å². The van der Waals surface area contributed by atoms with Crippen LogP contribution < -0.4 is 12.4 Å². The quantitative estimate of drug-likeness (QED) is 0.594. The van der Waals surface area contributed by atoms with Crippen LogP contribution in [0.25, 0.3) is 0 Å². The van der Waals surface area contributed by atoms with Gasteiger partial charge in [0.05, 0.1) is 24.6 Å². The van der Waals surface area contributed by atoms with Gasteiger partial charge in [-0.1, -0.05) is 13.8 Å². The van der Waals surface area contributed by atoms with Crippen molar-refractivity contribution in [3.63, 3.8) is 0 Å². The molecule has 0 heterocycles. The molecule has 2 heteroatoms. The third kappa shape index (κ3) is 5.92. The van der Waals surface area contributed by atoms with E-state index >= 15 is 0 Å². The molecule has 0 radical (unpaired) electrons. The second-order valence-electron chi connectivity index (χ2n) is 4.20. The molecule has 0 aromatic heterocycles. The fraction of sp³-hybridized carbons (Fsp3) is 1.00. The minimum absolute atomic E-state index is 0. The van der Waals surface area contributed by atoms with Crippen molar-refractivity contribution < 1.29 is 12.4 Å². The van der Waals surface area contributed by atoms with E-state index in [9.17, 15) is 0 Å². The zero-order valence-electron chi connectivity index (χ0n) is 9.94. The summed E-state index contributed by atoms with van der Waals surface area (Å²) in [6.07, 6.45) is 7.38. The monoisotopic (exact) mass is 224 g/mol. The Morgan fingerprint density at radius 2 is 1.31 bits per heavy atom. The molecule has 0 aliphatic carbocycles. The van der Waals surface area contributed by atoms with Gasteiger partial charge in [0.2, 0.25) is 0 Å². The highest BCUT2D eigenvalue weighted by Crippen LogP contribution is 2.58. The van der Waals surface area contributed by atoms with Gasteiger partial charge in [0.1, 0.15) is 0 Å². The van der Waals surface area contributed by atoms with Crippen molar-refractivity contribution in [1.82, 2.24) is 0 Å². The summed E-state index contributed by atoms with van der Waals surface area (Å²) in [5.41, 5.74) is 0. The molecular formula is C11H26ClP. The summed E-state index contributed by atoms with van der Waals surface area (Å²) in [6.45, 7) is 11.9. The van der Waals surface area contributed by atoms with Crippen molar-refractivity contribution >= 4 is 7.26 Å². The van der Waals surface area contributed by atoms with Crippen molar-refractivity contribution in [2.24, 2.45) is 5.92 Å². The first-order chi connectivity index (χ1) is 5.60. The van der Waals surface area contributed by atoms with Crippen LogP contribution in [0.5, 0.6) is 0 Å². The minimum atomic E-state index is -0.493. The van der Waals surface area contributed by atoms with Crippen LogP contribution in [-0.4, -0.2) is 24.6 Å². The molecule has 0 unspecified atom stereocenters. The highest BCUT2D eigenvalue weighted by molar-refractivity contribution is 7.75. The predicted octanol–water partition coefficient (Wildman–Crippen LogP) is 1.11. The molecule has 0 bridgehead atoms. The maximum absolute atomic E-state index is 2.39. The topological polar surface area (TPSA) is 0 Å². The zero-order valence-corrected chi connectivity index (χ0v) is 11.6. The van der Waals surface area contributed by atoms with Crippen molar-refractivity contribution in [2.45, 2.75) is 41.0 Å². The minimum Gasteiger partial charge on any atom is -1.00 e. The molecule has 0 nitrogen and oxygen atoms in total. The molecule has 0 saturated carbocycles. The Morgan fingerprint density at radius 3 is 1.54 bits per heavy atom. The predicted molar refractivity (Wildman–Crippen MR) is 62.9 cm³/mol. The van der Waals surface area contributed by atoms with Crippen LogP contribution in [0, 0.1) is 5.92 Å². The SMILES string of the molecule is CC[P+](CC)(CC)CCC(C)C.[Cl-]. The van der Waals surface area contributed by atoms with Gasteiger partial charge in [-0.05, 0) is 33.1 Å². The lowest BCUT2D eigenvalue weighted by atomic mass is 10.2. The summed E-state index contributed by atoms with van der Waals surface area (Å²) in [4.78, 5) is 0. The average Bonchev–Trinajstić information content (AvgIpc) is 2.08. The summed E-state index contributed by atoms with van der Waals surface area (Å²) in [6, 6.07) is 0. The largest absolute Gasteiger partial charge is 1.00 e. The van der Waals surface area contributed by atoms with Crippen LogP contribution >= 0.6 is 7.26 Å². The first kappa shape index (κ1) is 16.2. The van der Waals surface area contributed by atoms with Crippen molar-refractivity contribution in [2.75, 3.05) is 24.6 Å². The van der Waals surface area contributed by atoms with Gasteiger partial charge in [0.15, 0.2) is 0 Å². The molecule has 13 heavy (non-hydrogen) atoms. The van der Waals surface area contributed by atoms with Gasteiger partial charge in [-0.2, -0.15) is 0 Å². The van der Waals surface area contributed by atoms with Gasteiger partial charge < -0.3 is 12.4 Å². The Bertz CT molecular complexity index is 100. The van der Waals surface area contributed by atoms with E-state index in [0.29, 0.717) is 0 Å². The maximum Gasteiger partial charge on any atom is 0.0596 e. The molecule has 0 rings (SSSR count). The fourth-order valence-electron chi connectivity index (χ4n) is 1.68. The normalized spacial score (nSPS) is 11.5. The average molecular weight is 225 g/mol. The summed E-state index contributed by atoms with van der Waals surface area (Å²) in [7, 11) is -0.493. The molecule has 0 spiro atoms. The highest BCUT2D eigenvalue weighted by atomic mass is 35.5. The molecule has 0 atom stereocenters. The molecule has 0 N–H and O–H groups in total. The number of rotatable bonds is 6. The third-order valence-electron chi connectivity index (χ3n) is 3.19. The van der Waals surface area contributed by atoms with Gasteiger partial charge in [-0.25, -0.2) is 0 Å². The van der Waals surface area contributed by atoms with Gasteiger partial charge in [0, 0.05) is 7.26 Å². The standard InChI is InChI=1S/C11H26P.ClH/c1-6-12(7-2,8-3)10-9-11(4)5;/h11H,6-10H2,1-5H3;1H/q+1;/p-1. The van der Waals surface area contributed by atoms with E-state index in [1.165, 1.54) is 31.1 Å². The molecule has 0 saturated heterocycles. The molecule has 0 aromatic carbocycles. The Kier molecular flexibility index (Phi) is 10.0. The van der Waals surface area contributed by atoms with Gasteiger partial charge in [-0.3, -0.25) is 0 Å². The summed E-state index contributed by atoms with van der Waals surface area (Å²) in [5, 5.41) is 0. The molecule has 0 amide bonds. The van der Waals surface area contributed by atoms with E-state index < -0.39 is 7.26 Å². The van der Waals surface area contributed by atoms with E-state index in [0.717, 1.165) is 5.92 Å². The molecule has 0 fully saturated rings. The number of hydrogen-bond acceptors (Lipinski definition) is 0. The van der Waals surface area contributed by atoms with Crippen LogP contribution in [0.1, 0.15) is 41.0 Å². The van der Waals surface area contributed by atoms with Crippen molar-refractivity contribution in [1.29, 1.82) is 0 Å². The number of hydrogen-bond donors (Lipinski definition) is 0. The lowest BCUT2D eigenvalue weighted by molar-refractivity contribution is -0.00000301. The van der Waals surface area contributed by atoms with Crippen LogP contribution in [0.3, 0.4) is 0 Å². The van der Waals surface area contributed by atoms with Gasteiger partial charge in [-0.15, -0.1) is 0 Å². The van der Waals surface area contributed by atoms with Crippen molar-refractivity contribution in [3.05, 3.63) is 0 Å². The zero-order chi connectivity index (χ0) is 9.61.